The van der Waals surface area contributed by atoms with Gasteiger partial charge < -0.3 is 10.4 Å². The summed E-state index contributed by atoms with van der Waals surface area (Å²) in [6.07, 6.45) is 5.34. The second-order valence-electron chi connectivity index (χ2n) is 6.98. The van der Waals surface area contributed by atoms with Gasteiger partial charge in [0.15, 0.2) is 5.16 Å². The summed E-state index contributed by atoms with van der Waals surface area (Å²) in [5, 5.41) is 13.1. The van der Waals surface area contributed by atoms with Crippen LogP contribution in [0.5, 0.6) is 0 Å². The van der Waals surface area contributed by atoms with Crippen LogP contribution < -0.4 is 5.32 Å². The number of rotatable bonds is 6. The van der Waals surface area contributed by atoms with Crippen LogP contribution in [0, 0.1) is 19.8 Å². The van der Waals surface area contributed by atoms with Crippen LogP contribution in [-0.4, -0.2) is 38.7 Å². The number of aryl methyl sites for hydroxylation is 2. The van der Waals surface area contributed by atoms with E-state index >= 15 is 0 Å². The number of hydrogen-bond donors (Lipinski definition) is 2. The number of aliphatic carboxylic acids is 1. The average Bonchev–Trinajstić information content (AvgIpc) is 2.56. The first-order chi connectivity index (χ1) is 11.8. The van der Waals surface area contributed by atoms with Gasteiger partial charge in [-0.05, 0) is 63.7 Å². The van der Waals surface area contributed by atoms with Gasteiger partial charge in [-0.25, -0.2) is 14.8 Å². The number of hydrogen-bond acceptors (Lipinski definition) is 5. The number of nitrogens with one attached hydrogen (secondary N) is 1. The predicted molar refractivity (Wildman–Crippen MR) is 97.7 cm³/mol. The Morgan fingerprint density at radius 2 is 1.80 bits per heavy atom. The zero-order valence-electron chi connectivity index (χ0n) is 15.4. The molecule has 1 amide bonds. The summed E-state index contributed by atoms with van der Waals surface area (Å²) in [6, 6.07) is 0. The fraction of sp³-hybridized carbons (Fsp3) is 0.667. The van der Waals surface area contributed by atoms with Crippen molar-refractivity contribution in [2.75, 3.05) is 6.26 Å². The molecule has 0 atom stereocenters. The number of carboxylic acids is 1. The first-order valence-corrected chi connectivity index (χ1v) is 9.92. The van der Waals surface area contributed by atoms with E-state index < -0.39 is 11.5 Å². The number of carbonyl (C=O) groups is 2. The number of thioether (sulfide) groups is 1. The van der Waals surface area contributed by atoms with Crippen molar-refractivity contribution in [1.29, 1.82) is 0 Å². The molecule has 0 spiro atoms. The third kappa shape index (κ3) is 4.71. The third-order valence-corrected chi connectivity index (χ3v) is 5.65. The molecule has 2 N–H and O–H groups in total. The lowest BCUT2D eigenvalue weighted by molar-refractivity contribution is -0.149. The van der Waals surface area contributed by atoms with Gasteiger partial charge in [0.2, 0.25) is 5.91 Å². The summed E-state index contributed by atoms with van der Waals surface area (Å²) in [5.74, 6) is -0.626. The van der Waals surface area contributed by atoms with Crippen LogP contribution in [0.15, 0.2) is 5.16 Å². The molecule has 1 saturated carbocycles. The monoisotopic (exact) mass is 365 g/mol. The molecule has 1 fully saturated rings. The van der Waals surface area contributed by atoms with E-state index in [0.717, 1.165) is 34.9 Å². The highest BCUT2D eigenvalue weighted by atomic mass is 32.2. The molecule has 2 rings (SSSR count). The first-order valence-electron chi connectivity index (χ1n) is 8.70. The molecule has 138 valence electrons. The minimum absolute atomic E-state index is 0.218. The Labute approximate surface area is 153 Å². The Morgan fingerprint density at radius 1 is 1.24 bits per heavy atom. The molecule has 1 aliphatic carbocycles. The van der Waals surface area contributed by atoms with E-state index in [1.54, 1.807) is 0 Å². The standard InChI is InChI=1S/C18H27N3O3S/c1-11-7-9-18(10-8-11,16(23)24)21-15(22)6-5-14-12(2)19-17(25-4)20-13(14)3/h11H,5-10H2,1-4H3,(H,21,22)(H,23,24). The fourth-order valence-electron chi connectivity index (χ4n) is 3.38. The number of amides is 1. The van der Waals surface area contributed by atoms with Gasteiger partial charge in [-0.15, -0.1) is 0 Å². The maximum Gasteiger partial charge on any atom is 0.329 e. The molecular formula is C18H27N3O3S. The van der Waals surface area contributed by atoms with Gasteiger partial charge >= 0.3 is 5.97 Å². The third-order valence-electron chi connectivity index (χ3n) is 5.10. The highest BCUT2D eigenvalue weighted by molar-refractivity contribution is 7.98. The number of aromatic nitrogens is 2. The number of carboxylic acid groups (broad SMARTS) is 1. The van der Waals surface area contributed by atoms with Crippen molar-refractivity contribution in [3.63, 3.8) is 0 Å². The minimum atomic E-state index is -1.10. The van der Waals surface area contributed by atoms with E-state index in [-0.39, 0.29) is 12.3 Å². The predicted octanol–water partition coefficient (Wildman–Crippen LogP) is 2.90. The van der Waals surface area contributed by atoms with Gasteiger partial charge in [0, 0.05) is 17.8 Å². The highest BCUT2D eigenvalue weighted by Gasteiger charge is 2.42. The Morgan fingerprint density at radius 3 is 2.28 bits per heavy atom. The summed E-state index contributed by atoms with van der Waals surface area (Å²) < 4.78 is 0. The van der Waals surface area contributed by atoms with E-state index in [1.807, 2.05) is 20.1 Å². The molecule has 25 heavy (non-hydrogen) atoms. The van der Waals surface area contributed by atoms with Crippen molar-refractivity contribution in [3.8, 4) is 0 Å². The molecule has 7 heteroatoms. The second-order valence-corrected chi connectivity index (χ2v) is 7.75. The molecule has 1 heterocycles. The van der Waals surface area contributed by atoms with Gasteiger partial charge in [-0.1, -0.05) is 18.7 Å². The van der Waals surface area contributed by atoms with Gasteiger partial charge in [0.25, 0.3) is 0 Å². The van der Waals surface area contributed by atoms with Gasteiger partial charge in [-0.2, -0.15) is 0 Å². The molecule has 1 aromatic rings. The minimum Gasteiger partial charge on any atom is -0.480 e. The zero-order chi connectivity index (χ0) is 18.6. The average molecular weight is 365 g/mol. The number of nitrogens with zero attached hydrogens (tertiary/aromatic N) is 2. The Bertz CT molecular complexity index is 632. The van der Waals surface area contributed by atoms with Crippen molar-refractivity contribution >= 4 is 23.6 Å². The van der Waals surface area contributed by atoms with Gasteiger partial charge in [0.1, 0.15) is 5.54 Å². The van der Waals surface area contributed by atoms with Crippen molar-refractivity contribution in [1.82, 2.24) is 15.3 Å². The van der Waals surface area contributed by atoms with Crippen molar-refractivity contribution < 1.29 is 14.7 Å². The van der Waals surface area contributed by atoms with Crippen molar-refractivity contribution in [2.24, 2.45) is 5.92 Å². The van der Waals surface area contributed by atoms with Crippen LogP contribution >= 0.6 is 11.8 Å². The molecule has 0 radical (unpaired) electrons. The lowest BCUT2D eigenvalue weighted by atomic mass is 9.77. The van der Waals surface area contributed by atoms with E-state index in [9.17, 15) is 14.7 Å². The van der Waals surface area contributed by atoms with E-state index in [2.05, 4.69) is 22.2 Å². The molecule has 6 nitrogen and oxygen atoms in total. The summed E-state index contributed by atoms with van der Waals surface area (Å²) in [7, 11) is 0. The SMILES string of the molecule is CSc1nc(C)c(CCC(=O)NC2(C(=O)O)CCC(C)CC2)c(C)n1. The van der Waals surface area contributed by atoms with Gasteiger partial charge in [-0.3, -0.25) is 4.79 Å². The summed E-state index contributed by atoms with van der Waals surface area (Å²) in [6.45, 7) is 5.96. The quantitative estimate of drug-likeness (QED) is 0.595. The van der Waals surface area contributed by atoms with Gasteiger partial charge in [0.05, 0.1) is 0 Å². The molecular weight excluding hydrogens is 338 g/mol. The fourth-order valence-corrected chi connectivity index (χ4v) is 3.83. The van der Waals surface area contributed by atoms with E-state index in [0.29, 0.717) is 25.2 Å². The molecule has 0 aliphatic heterocycles. The highest BCUT2D eigenvalue weighted by Crippen LogP contribution is 2.32. The smallest absolute Gasteiger partial charge is 0.329 e. The first kappa shape index (κ1) is 19.7. The Balaban J connectivity index is 2.02. The van der Waals surface area contributed by atoms with Crippen molar-refractivity contribution in [2.45, 2.75) is 70.0 Å². The zero-order valence-corrected chi connectivity index (χ0v) is 16.2. The molecule has 1 aromatic heterocycles. The molecule has 0 unspecified atom stereocenters. The molecule has 0 bridgehead atoms. The van der Waals surface area contributed by atoms with Crippen LogP contribution in [0.25, 0.3) is 0 Å². The topological polar surface area (TPSA) is 92.2 Å². The lowest BCUT2D eigenvalue weighted by Crippen LogP contribution is -2.56. The lowest BCUT2D eigenvalue weighted by Gasteiger charge is -2.36. The largest absolute Gasteiger partial charge is 0.480 e. The van der Waals surface area contributed by atoms with E-state index in [4.69, 9.17) is 0 Å². The summed E-state index contributed by atoms with van der Waals surface area (Å²) >= 11 is 1.49. The molecule has 0 saturated heterocycles. The van der Waals surface area contributed by atoms with Crippen LogP contribution in [0.1, 0.15) is 56.0 Å². The summed E-state index contributed by atoms with van der Waals surface area (Å²) in [5.41, 5.74) is 1.62. The van der Waals surface area contributed by atoms with Crippen LogP contribution in [0.3, 0.4) is 0 Å². The second kappa shape index (κ2) is 8.17. The van der Waals surface area contributed by atoms with E-state index in [1.165, 1.54) is 11.8 Å². The maximum atomic E-state index is 12.4. The van der Waals surface area contributed by atoms with Crippen molar-refractivity contribution in [3.05, 3.63) is 17.0 Å². The van der Waals surface area contributed by atoms with Crippen LogP contribution in [-0.2, 0) is 16.0 Å². The molecule has 0 aromatic carbocycles. The summed E-state index contributed by atoms with van der Waals surface area (Å²) in [4.78, 5) is 33.0. The van der Waals surface area contributed by atoms with Crippen LogP contribution in [0.2, 0.25) is 0 Å². The molecule has 1 aliphatic rings. The number of carbonyl (C=O) groups excluding carboxylic acids is 1. The Kier molecular flexibility index (Phi) is 6.43. The maximum absolute atomic E-state index is 12.4. The normalized spacial score (nSPS) is 23.3. The van der Waals surface area contributed by atoms with Crippen LogP contribution in [0.4, 0.5) is 0 Å². The Hall–Kier alpha value is -1.63.